The minimum Gasteiger partial charge on any atom is -0.318 e. The molecule has 2 rings (SSSR count). The number of nitrogens with zero attached hydrogens (tertiary/aromatic N) is 2. The van der Waals surface area contributed by atoms with E-state index in [1.165, 1.54) is 31.5 Å². The molecule has 1 aromatic heterocycles. The number of likely N-dealkylation sites (tertiary alicyclic amines) is 1. The van der Waals surface area contributed by atoms with Crippen LogP contribution in [0, 0.1) is 6.92 Å². The zero-order chi connectivity index (χ0) is 12.1. The molecule has 94 valence electrons. The largest absolute Gasteiger partial charge is 0.318 e. The van der Waals surface area contributed by atoms with Gasteiger partial charge in [-0.2, -0.15) is 0 Å². The summed E-state index contributed by atoms with van der Waals surface area (Å²) in [5.74, 6) is 0. The first-order valence-corrected chi connectivity index (χ1v) is 6.61. The third-order valence-electron chi connectivity index (χ3n) is 3.50. The number of hydrogen-bond donors (Lipinski definition) is 1. The quantitative estimate of drug-likeness (QED) is 0.861. The van der Waals surface area contributed by atoms with Crippen molar-refractivity contribution in [1.29, 1.82) is 0 Å². The summed E-state index contributed by atoms with van der Waals surface area (Å²) in [5.41, 5.74) is 2.32. The first kappa shape index (κ1) is 12.5. The molecule has 0 aromatic carbocycles. The lowest BCUT2D eigenvalue weighted by Gasteiger charge is -2.35. The van der Waals surface area contributed by atoms with Crippen LogP contribution in [-0.4, -0.2) is 36.1 Å². The predicted molar refractivity (Wildman–Crippen MR) is 70.9 cm³/mol. The van der Waals surface area contributed by atoms with Crippen molar-refractivity contribution in [3.8, 4) is 0 Å². The molecule has 1 N–H and O–H groups in total. The zero-order valence-electron chi connectivity index (χ0n) is 10.9. The topological polar surface area (TPSA) is 28.2 Å². The summed E-state index contributed by atoms with van der Waals surface area (Å²) in [7, 11) is 2.04. The van der Waals surface area contributed by atoms with E-state index in [0.717, 1.165) is 18.8 Å². The second-order valence-electron chi connectivity index (χ2n) is 4.95. The van der Waals surface area contributed by atoms with Crippen molar-refractivity contribution in [2.75, 3.05) is 20.1 Å². The number of piperidine rings is 1. The van der Waals surface area contributed by atoms with Crippen molar-refractivity contribution >= 4 is 0 Å². The van der Waals surface area contributed by atoms with Gasteiger partial charge >= 0.3 is 0 Å². The Morgan fingerprint density at radius 2 is 2.29 bits per heavy atom. The molecule has 3 heteroatoms. The Morgan fingerprint density at radius 3 is 3.06 bits per heavy atom. The van der Waals surface area contributed by atoms with Crippen molar-refractivity contribution in [3.63, 3.8) is 0 Å². The number of likely N-dealkylation sites (N-methyl/N-ethyl adjacent to an activating group) is 1. The highest BCUT2D eigenvalue weighted by Gasteiger charge is 2.21. The Morgan fingerprint density at radius 1 is 1.41 bits per heavy atom. The lowest BCUT2D eigenvalue weighted by atomic mass is 10.0. The predicted octanol–water partition coefficient (Wildman–Crippen LogP) is 1.96. The molecule has 1 fully saturated rings. The maximum Gasteiger partial charge on any atom is 0.0547 e. The van der Waals surface area contributed by atoms with Crippen LogP contribution in [-0.2, 0) is 6.54 Å². The molecular weight excluding hydrogens is 210 g/mol. The summed E-state index contributed by atoms with van der Waals surface area (Å²) in [4.78, 5) is 7.17. The summed E-state index contributed by atoms with van der Waals surface area (Å²) < 4.78 is 0. The van der Waals surface area contributed by atoms with Crippen LogP contribution in [0.2, 0.25) is 0 Å². The van der Waals surface area contributed by atoms with Crippen molar-refractivity contribution in [1.82, 2.24) is 15.2 Å². The number of aromatic nitrogens is 1. The van der Waals surface area contributed by atoms with Gasteiger partial charge < -0.3 is 5.32 Å². The molecule has 3 nitrogen and oxygen atoms in total. The standard InChI is InChI=1S/C14H23N3/c1-12-6-5-7-13(16-12)11-17-9-4-3-8-14(17)10-15-2/h5-7,14-15H,3-4,8-11H2,1-2H3. The van der Waals surface area contributed by atoms with E-state index in [1.807, 2.05) is 7.05 Å². The maximum absolute atomic E-state index is 4.60. The molecule has 0 aliphatic carbocycles. The summed E-state index contributed by atoms with van der Waals surface area (Å²) in [6.45, 7) is 5.35. The van der Waals surface area contributed by atoms with E-state index in [0.29, 0.717) is 6.04 Å². The zero-order valence-corrected chi connectivity index (χ0v) is 10.9. The molecule has 0 spiro atoms. The summed E-state index contributed by atoms with van der Waals surface area (Å²) in [6.07, 6.45) is 4.00. The van der Waals surface area contributed by atoms with Gasteiger partial charge in [0.1, 0.15) is 0 Å². The van der Waals surface area contributed by atoms with Crippen molar-refractivity contribution < 1.29 is 0 Å². The maximum atomic E-state index is 4.60. The Hall–Kier alpha value is -0.930. The summed E-state index contributed by atoms with van der Waals surface area (Å²) in [6, 6.07) is 6.98. The monoisotopic (exact) mass is 233 g/mol. The second kappa shape index (κ2) is 6.12. The highest BCUT2D eigenvalue weighted by atomic mass is 15.2. The fourth-order valence-electron chi connectivity index (χ4n) is 2.63. The van der Waals surface area contributed by atoms with Gasteiger partial charge in [-0.05, 0) is 45.5 Å². The highest BCUT2D eigenvalue weighted by molar-refractivity contribution is 5.10. The Labute approximate surface area is 104 Å². The lowest BCUT2D eigenvalue weighted by Crippen LogP contribution is -2.44. The van der Waals surface area contributed by atoms with Crippen LogP contribution in [0.5, 0.6) is 0 Å². The van der Waals surface area contributed by atoms with E-state index in [-0.39, 0.29) is 0 Å². The van der Waals surface area contributed by atoms with Crippen molar-refractivity contribution in [2.24, 2.45) is 0 Å². The van der Waals surface area contributed by atoms with Crippen LogP contribution in [0.25, 0.3) is 0 Å². The van der Waals surface area contributed by atoms with Gasteiger partial charge in [-0.1, -0.05) is 12.5 Å². The molecule has 1 aliphatic heterocycles. The third kappa shape index (κ3) is 3.51. The molecule has 1 saturated heterocycles. The molecule has 17 heavy (non-hydrogen) atoms. The first-order valence-electron chi connectivity index (χ1n) is 6.61. The molecular formula is C14H23N3. The van der Waals surface area contributed by atoms with Gasteiger partial charge in [-0.15, -0.1) is 0 Å². The Kier molecular flexibility index (Phi) is 4.51. The molecule has 0 saturated carbocycles. The van der Waals surface area contributed by atoms with E-state index in [2.05, 4.69) is 40.3 Å². The van der Waals surface area contributed by atoms with Gasteiger partial charge in [0.05, 0.1) is 5.69 Å². The average Bonchev–Trinajstić information content (AvgIpc) is 2.32. The molecule has 1 unspecified atom stereocenters. The first-order chi connectivity index (χ1) is 8.29. The number of nitrogens with one attached hydrogen (secondary N) is 1. The second-order valence-corrected chi connectivity index (χ2v) is 4.95. The molecule has 0 bridgehead atoms. The number of hydrogen-bond acceptors (Lipinski definition) is 3. The third-order valence-corrected chi connectivity index (χ3v) is 3.50. The van der Waals surface area contributed by atoms with Gasteiger partial charge in [0.2, 0.25) is 0 Å². The lowest BCUT2D eigenvalue weighted by molar-refractivity contribution is 0.137. The fourth-order valence-corrected chi connectivity index (χ4v) is 2.63. The number of pyridine rings is 1. The van der Waals surface area contributed by atoms with E-state index in [4.69, 9.17) is 0 Å². The van der Waals surface area contributed by atoms with E-state index >= 15 is 0 Å². The average molecular weight is 233 g/mol. The van der Waals surface area contributed by atoms with E-state index in [9.17, 15) is 0 Å². The highest BCUT2D eigenvalue weighted by Crippen LogP contribution is 2.18. The van der Waals surface area contributed by atoms with Crippen LogP contribution in [0.4, 0.5) is 0 Å². The number of aryl methyl sites for hydroxylation is 1. The molecule has 1 aliphatic rings. The van der Waals surface area contributed by atoms with Gasteiger partial charge in [0, 0.05) is 24.8 Å². The summed E-state index contributed by atoms with van der Waals surface area (Å²) >= 11 is 0. The molecule has 0 amide bonds. The molecule has 1 atom stereocenters. The van der Waals surface area contributed by atoms with Crippen LogP contribution in [0.3, 0.4) is 0 Å². The van der Waals surface area contributed by atoms with Crippen molar-refractivity contribution in [3.05, 3.63) is 29.6 Å². The Bertz CT molecular complexity index is 349. The van der Waals surface area contributed by atoms with Gasteiger partial charge in [0.25, 0.3) is 0 Å². The van der Waals surface area contributed by atoms with Crippen molar-refractivity contribution in [2.45, 2.75) is 38.8 Å². The molecule has 1 aromatic rings. The molecule has 0 radical (unpaired) electrons. The minimum atomic E-state index is 0.677. The van der Waals surface area contributed by atoms with E-state index in [1.54, 1.807) is 0 Å². The van der Waals surface area contributed by atoms with Crippen LogP contribution < -0.4 is 5.32 Å². The summed E-state index contributed by atoms with van der Waals surface area (Å²) in [5, 5.41) is 3.30. The van der Waals surface area contributed by atoms with Gasteiger partial charge in [-0.25, -0.2) is 0 Å². The molecule has 2 heterocycles. The van der Waals surface area contributed by atoms with Crippen LogP contribution >= 0.6 is 0 Å². The normalized spacial score (nSPS) is 21.6. The smallest absolute Gasteiger partial charge is 0.0547 e. The fraction of sp³-hybridized carbons (Fsp3) is 0.643. The SMILES string of the molecule is CNCC1CCCCN1Cc1cccc(C)n1. The Balaban J connectivity index is 2.00. The van der Waals surface area contributed by atoms with Gasteiger partial charge in [0.15, 0.2) is 0 Å². The van der Waals surface area contributed by atoms with Crippen LogP contribution in [0.1, 0.15) is 30.7 Å². The van der Waals surface area contributed by atoms with E-state index < -0.39 is 0 Å². The van der Waals surface area contributed by atoms with Gasteiger partial charge in [-0.3, -0.25) is 9.88 Å². The minimum absolute atomic E-state index is 0.677. The number of rotatable bonds is 4. The van der Waals surface area contributed by atoms with Crippen LogP contribution in [0.15, 0.2) is 18.2 Å².